The molecule has 21 heavy (non-hydrogen) atoms. The van der Waals surface area contributed by atoms with Gasteiger partial charge in [0.2, 0.25) is 0 Å². The van der Waals surface area contributed by atoms with Crippen molar-refractivity contribution in [3.8, 4) is 0 Å². The molecule has 1 atom stereocenters. The van der Waals surface area contributed by atoms with E-state index >= 15 is 0 Å². The molecule has 0 aliphatic rings. The Kier molecular flexibility index (Phi) is 8.30. The van der Waals surface area contributed by atoms with Gasteiger partial charge in [0.15, 0.2) is 0 Å². The minimum atomic E-state index is 0.375. The summed E-state index contributed by atoms with van der Waals surface area (Å²) in [6, 6.07) is 7.12. The van der Waals surface area contributed by atoms with Crippen LogP contribution >= 0.6 is 15.9 Å². The topological polar surface area (TPSA) is 18.5 Å². The van der Waals surface area contributed by atoms with Gasteiger partial charge in [-0.1, -0.05) is 35.8 Å². The third-order valence-corrected chi connectivity index (χ3v) is 4.32. The van der Waals surface area contributed by atoms with Gasteiger partial charge in [-0.2, -0.15) is 0 Å². The van der Waals surface area contributed by atoms with Crippen LogP contribution in [-0.4, -0.2) is 45.2 Å². The van der Waals surface area contributed by atoms with Gasteiger partial charge in [-0.25, -0.2) is 0 Å². The second-order valence-electron chi connectivity index (χ2n) is 5.78. The number of rotatable bonds is 9. The summed E-state index contributed by atoms with van der Waals surface area (Å²) >= 11 is 3.74. The normalized spacial score (nSPS) is 12.7. The van der Waals surface area contributed by atoms with Crippen molar-refractivity contribution in [3.05, 3.63) is 28.2 Å². The van der Waals surface area contributed by atoms with Crippen LogP contribution in [-0.2, 0) is 0 Å². The molecular formula is C17H30BrN3. The molecular weight excluding hydrogens is 326 g/mol. The van der Waals surface area contributed by atoms with Crippen LogP contribution in [0, 0.1) is 0 Å². The van der Waals surface area contributed by atoms with Gasteiger partial charge in [0.25, 0.3) is 0 Å². The van der Waals surface area contributed by atoms with Crippen LogP contribution < -0.4 is 10.2 Å². The molecule has 1 aromatic rings. The third-order valence-electron chi connectivity index (χ3n) is 3.64. The van der Waals surface area contributed by atoms with E-state index in [-0.39, 0.29) is 0 Å². The lowest BCUT2D eigenvalue weighted by Gasteiger charge is -2.27. The molecule has 0 aliphatic heterocycles. The molecule has 0 bridgehead atoms. The first-order chi connectivity index (χ1) is 9.99. The smallest absolute Gasteiger partial charge is 0.0378 e. The van der Waals surface area contributed by atoms with E-state index in [2.05, 4.69) is 84.1 Å². The van der Waals surface area contributed by atoms with Crippen molar-refractivity contribution < 1.29 is 0 Å². The lowest BCUT2D eigenvalue weighted by atomic mass is 10.1. The molecule has 0 aromatic heterocycles. The van der Waals surface area contributed by atoms with E-state index in [1.807, 2.05) is 0 Å². The number of nitrogens with one attached hydrogen (secondary N) is 1. The molecule has 4 heteroatoms. The summed E-state index contributed by atoms with van der Waals surface area (Å²) < 4.78 is 1.19. The first kappa shape index (κ1) is 18.5. The minimum absolute atomic E-state index is 0.375. The monoisotopic (exact) mass is 355 g/mol. The van der Waals surface area contributed by atoms with Crippen LogP contribution in [0.5, 0.6) is 0 Å². The Labute approximate surface area is 138 Å². The van der Waals surface area contributed by atoms with E-state index < -0.39 is 0 Å². The molecule has 0 saturated carbocycles. The predicted octanol–water partition coefficient (Wildman–Crippen LogP) is 3.90. The van der Waals surface area contributed by atoms with Crippen molar-refractivity contribution >= 4 is 21.6 Å². The van der Waals surface area contributed by atoms with Gasteiger partial charge in [0.1, 0.15) is 0 Å². The Balaban J connectivity index is 2.87. The van der Waals surface area contributed by atoms with Gasteiger partial charge < -0.3 is 15.1 Å². The second kappa shape index (κ2) is 9.44. The average Bonchev–Trinajstić information content (AvgIpc) is 2.43. The number of hydrogen-bond acceptors (Lipinski definition) is 3. The molecule has 0 fully saturated rings. The van der Waals surface area contributed by atoms with E-state index in [1.165, 1.54) is 22.1 Å². The highest BCUT2D eigenvalue weighted by Crippen LogP contribution is 2.28. The minimum Gasteiger partial charge on any atom is -0.370 e. The average molecular weight is 356 g/mol. The Morgan fingerprint density at radius 2 is 1.86 bits per heavy atom. The quantitative estimate of drug-likeness (QED) is 0.724. The number of benzene rings is 1. The number of likely N-dealkylation sites (N-methyl/N-ethyl adjacent to an activating group) is 1. The lowest BCUT2D eigenvalue weighted by Crippen LogP contribution is -2.32. The standard InChI is InChI=1S/C17H30BrN3/c1-6-10-21(12-11-20(4)5)15-8-9-16(17(18)13-15)14(3)19-7-2/h8-9,13-14,19H,6-7,10-12H2,1-5H3. The van der Waals surface area contributed by atoms with Crippen molar-refractivity contribution in [2.24, 2.45) is 0 Å². The lowest BCUT2D eigenvalue weighted by molar-refractivity contribution is 0.413. The van der Waals surface area contributed by atoms with E-state index in [4.69, 9.17) is 0 Å². The Morgan fingerprint density at radius 3 is 2.38 bits per heavy atom. The summed E-state index contributed by atoms with van der Waals surface area (Å²) in [5.41, 5.74) is 2.63. The molecule has 0 heterocycles. The molecule has 0 spiro atoms. The van der Waals surface area contributed by atoms with Crippen molar-refractivity contribution in [3.63, 3.8) is 0 Å². The molecule has 0 saturated heterocycles. The maximum atomic E-state index is 3.74. The Bertz CT molecular complexity index is 420. The van der Waals surface area contributed by atoms with Gasteiger partial charge in [-0.15, -0.1) is 0 Å². The zero-order valence-electron chi connectivity index (χ0n) is 14.1. The van der Waals surface area contributed by atoms with Crippen molar-refractivity contribution in [2.45, 2.75) is 33.2 Å². The maximum Gasteiger partial charge on any atom is 0.0378 e. The highest BCUT2D eigenvalue weighted by Gasteiger charge is 2.12. The molecule has 0 amide bonds. The van der Waals surface area contributed by atoms with Gasteiger partial charge in [0.05, 0.1) is 0 Å². The maximum absolute atomic E-state index is 3.74. The van der Waals surface area contributed by atoms with E-state index in [0.29, 0.717) is 6.04 Å². The Morgan fingerprint density at radius 1 is 1.14 bits per heavy atom. The molecule has 1 aromatic carbocycles. The molecule has 0 aliphatic carbocycles. The molecule has 1 N–H and O–H groups in total. The number of anilines is 1. The van der Waals surface area contributed by atoms with E-state index in [1.54, 1.807) is 0 Å². The van der Waals surface area contributed by atoms with Crippen LogP contribution in [0.2, 0.25) is 0 Å². The summed E-state index contributed by atoms with van der Waals surface area (Å²) in [7, 11) is 4.25. The summed E-state index contributed by atoms with van der Waals surface area (Å²) in [4.78, 5) is 4.70. The Hall–Kier alpha value is -0.580. The van der Waals surface area contributed by atoms with E-state index in [9.17, 15) is 0 Å². The molecule has 1 unspecified atom stereocenters. The molecule has 120 valence electrons. The van der Waals surface area contributed by atoms with Gasteiger partial charge in [0, 0.05) is 35.8 Å². The third kappa shape index (κ3) is 5.97. The zero-order chi connectivity index (χ0) is 15.8. The summed E-state index contributed by atoms with van der Waals surface area (Å²) in [5.74, 6) is 0. The van der Waals surface area contributed by atoms with Gasteiger partial charge >= 0.3 is 0 Å². The van der Waals surface area contributed by atoms with Gasteiger partial charge in [-0.05, 0) is 51.7 Å². The molecule has 0 radical (unpaired) electrons. The van der Waals surface area contributed by atoms with Crippen LogP contribution in [0.25, 0.3) is 0 Å². The first-order valence-corrected chi connectivity index (χ1v) is 8.71. The first-order valence-electron chi connectivity index (χ1n) is 7.92. The summed E-state index contributed by atoms with van der Waals surface area (Å²) in [5, 5.41) is 3.47. The number of hydrogen-bond donors (Lipinski definition) is 1. The van der Waals surface area contributed by atoms with Gasteiger partial charge in [-0.3, -0.25) is 0 Å². The van der Waals surface area contributed by atoms with Crippen molar-refractivity contribution in [1.29, 1.82) is 0 Å². The zero-order valence-corrected chi connectivity index (χ0v) is 15.7. The van der Waals surface area contributed by atoms with Crippen LogP contribution in [0.1, 0.15) is 38.8 Å². The fraction of sp³-hybridized carbons (Fsp3) is 0.647. The van der Waals surface area contributed by atoms with Crippen LogP contribution in [0.3, 0.4) is 0 Å². The number of halogens is 1. The van der Waals surface area contributed by atoms with E-state index in [0.717, 1.165) is 26.2 Å². The van der Waals surface area contributed by atoms with Crippen LogP contribution in [0.4, 0.5) is 5.69 Å². The largest absolute Gasteiger partial charge is 0.370 e. The number of nitrogens with zero attached hydrogens (tertiary/aromatic N) is 2. The molecule has 1 rings (SSSR count). The fourth-order valence-corrected chi connectivity index (χ4v) is 3.15. The van der Waals surface area contributed by atoms with Crippen molar-refractivity contribution in [2.75, 3.05) is 45.2 Å². The van der Waals surface area contributed by atoms with Crippen LogP contribution in [0.15, 0.2) is 22.7 Å². The second-order valence-corrected chi connectivity index (χ2v) is 6.63. The highest BCUT2D eigenvalue weighted by atomic mass is 79.9. The molecule has 3 nitrogen and oxygen atoms in total. The summed E-state index contributed by atoms with van der Waals surface area (Å²) in [6.45, 7) is 10.8. The predicted molar refractivity (Wildman–Crippen MR) is 97.3 cm³/mol. The summed E-state index contributed by atoms with van der Waals surface area (Å²) in [6.07, 6.45) is 1.17. The SMILES string of the molecule is CCCN(CCN(C)C)c1ccc(C(C)NCC)c(Br)c1. The fourth-order valence-electron chi connectivity index (χ4n) is 2.44. The van der Waals surface area contributed by atoms with Crippen molar-refractivity contribution in [1.82, 2.24) is 10.2 Å². The highest BCUT2D eigenvalue weighted by molar-refractivity contribution is 9.10.